The Balaban J connectivity index is 2.03. The normalized spacial score (nSPS) is 24.3. The van der Waals surface area contributed by atoms with Crippen molar-refractivity contribution in [3.63, 3.8) is 0 Å². The molecule has 1 aliphatic carbocycles. The Morgan fingerprint density at radius 3 is 2.64 bits per heavy atom. The lowest BCUT2D eigenvalue weighted by Gasteiger charge is -2.18. The van der Waals surface area contributed by atoms with Gasteiger partial charge in [-0.25, -0.2) is 9.29 Å². The molecule has 0 N–H and O–H groups in total. The fraction of sp³-hybridized carbons (Fsp3) is 0.333. The Bertz CT molecular complexity index is 728. The maximum absolute atomic E-state index is 14.0. The molecule has 2 atom stereocenters. The van der Waals surface area contributed by atoms with Gasteiger partial charge in [-0.05, 0) is 25.8 Å². The van der Waals surface area contributed by atoms with Crippen LogP contribution in [0.5, 0.6) is 0 Å². The molecule has 0 radical (unpaired) electrons. The van der Waals surface area contributed by atoms with E-state index in [0.29, 0.717) is 12.8 Å². The van der Waals surface area contributed by atoms with Gasteiger partial charge in [-0.2, -0.15) is 0 Å². The molecule has 1 saturated heterocycles. The number of non-ortho nitro benzene ring substituents is 1. The first-order chi connectivity index (χ1) is 10.4. The van der Waals surface area contributed by atoms with Gasteiger partial charge in [0, 0.05) is 12.1 Å². The molecule has 2 aliphatic rings. The number of amides is 2. The lowest BCUT2D eigenvalue weighted by Crippen LogP contribution is -2.31. The van der Waals surface area contributed by atoms with Crippen LogP contribution < -0.4 is 4.90 Å². The zero-order chi connectivity index (χ0) is 16.0. The molecule has 1 aliphatic heterocycles. The Hall–Kier alpha value is -2.57. The molecule has 1 fully saturated rings. The summed E-state index contributed by atoms with van der Waals surface area (Å²) < 4.78 is 14.0. The van der Waals surface area contributed by atoms with Crippen LogP contribution in [-0.4, -0.2) is 16.7 Å². The quantitative estimate of drug-likeness (QED) is 0.364. The number of nitrogens with zero attached hydrogens (tertiary/aromatic N) is 2. The second-order valence-corrected chi connectivity index (χ2v) is 5.61. The van der Waals surface area contributed by atoms with E-state index < -0.39 is 34.4 Å². The number of carbonyl (C=O) groups is 2. The Morgan fingerprint density at radius 2 is 1.95 bits per heavy atom. The second-order valence-electron chi connectivity index (χ2n) is 5.61. The summed E-state index contributed by atoms with van der Waals surface area (Å²) in [6.07, 6.45) is 2.80. The van der Waals surface area contributed by atoms with Crippen LogP contribution in [-0.2, 0) is 9.59 Å². The highest BCUT2D eigenvalue weighted by Gasteiger charge is 2.49. The van der Waals surface area contributed by atoms with Crippen LogP contribution in [0.4, 0.5) is 15.8 Å². The van der Waals surface area contributed by atoms with Crippen LogP contribution in [0.25, 0.3) is 0 Å². The third-order valence-corrected chi connectivity index (χ3v) is 4.20. The summed E-state index contributed by atoms with van der Waals surface area (Å²) in [5.74, 6) is -2.80. The SMILES string of the molecule is CC1=CC[C@@H]2C(=O)N(c3cc([N+](=O)[O-])ccc3F)C(=O)[C@H]2C1. The third kappa shape index (κ3) is 2.09. The predicted molar refractivity (Wildman–Crippen MR) is 75.5 cm³/mol. The van der Waals surface area contributed by atoms with Gasteiger partial charge in [-0.3, -0.25) is 19.7 Å². The van der Waals surface area contributed by atoms with Crippen molar-refractivity contribution in [2.75, 3.05) is 4.90 Å². The van der Waals surface area contributed by atoms with Crippen molar-refractivity contribution in [2.24, 2.45) is 11.8 Å². The van der Waals surface area contributed by atoms with Crippen LogP contribution in [0, 0.1) is 27.8 Å². The van der Waals surface area contributed by atoms with Crippen LogP contribution >= 0.6 is 0 Å². The first kappa shape index (κ1) is 14.4. The Morgan fingerprint density at radius 1 is 1.27 bits per heavy atom. The third-order valence-electron chi connectivity index (χ3n) is 4.20. The van der Waals surface area contributed by atoms with Crippen molar-refractivity contribution in [1.29, 1.82) is 0 Å². The van der Waals surface area contributed by atoms with Gasteiger partial charge in [0.2, 0.25) is 11.8 Å². The van der Waals surface area contributed by atoms with Crippen molar-refractivity contribution < 1.29 is 18.9 Å². The molecule has 114 valence electrons. The number of imide groups is 1. The lowest BCUT2D eigenvalue weighted by atomic mass is 9.82. The van der Waals surface area contributed by atoms with Gasteiger partial charge in [-0.15, -0.1) is 0 Å². The molecule has 6 nitrogen and oxygen atoms in total. The summed E-state index contributed by atoms with van der Waals surface area (Å²) >= 11 is 0. The summed E-state index contributed by atoms with van der Waals surface area (Å²) in [5, 5.41) is 10.8. The fourth-order valence-corrected chi connectivity index (χ4v) is 3.06. The molecule has 1 aromatic rings. The molecule has 2 amide bonds. The van der Waals surface area contributed by atoms with Gasteiger partial charge in [-0.1, -0.05) is 11.6 Å². The number of anilines is 1. The number of allylic oxidation sites excluding steroid dienone is 2. The van der Waals surface area contributed by atoms with E-state index >= 15 is 0 Å². The topological polar surface area (TPSA) is 80.5 Å². The van der Waals surface area contributed by atoms with Gasteiger partial charge >= 0.3 is 0 Å². The van der Waals surface area contributed by atoms with E-state index in [9.17, 15) is 24.1 Å². The van der Waals surface area contributed by atoms with Crippen molar-refractivity contribution in [1.82, 2.24) is 0 Å². The smallest absolute Gasteiger partial charge is 0.271 e. The summed E-state index contributed by atoms with van der Waals surface area (Å²) in [6, 6.07) is 2.84. The van der Waals surface area contributed by atoms with Gasteiger partial charge in [0.1, 0.15) is 5.82 Å². The van der Waals surface area contributed by atoms with E-state index in [-0.39, 0.29) is 11.4 Å². The van der Waals surface area contributed by atoms with E-state index in [4.69, 9.17) is 0 Å². The van der Waals surface area contributed by atoms with Gasteiger partial charge in [0.05, 0.1) is 22.4 Å². The van der Waals surface area contributed by atoms with Crippen LogP contribution in [0.3, 0.4) is 0 Å². The molecule has 1 heterocycles. The number of rotatable bonds is 2. The molecule has 7 heteroatoms. The van der Waals surface area contributed by atoms with Crippen LogP contribution in [0.2, 0.25) is 0 Å². The summed E-state index contributed by atoms with van der Waals surface area (Å²) in [6.45, 7) is 1.88. The molecule has 0 spiro atoms. The molecule has 22 heavy (non-hydrogen) atoms. The van der Waals surface area contributed by atoms with E-state index in [1.165, 1.54) is 0 Å². The van der Waals surface area contributed by atoms with E-state index in [0.717, 1.165) is 28.7 Å². The number of nitro benzene ring substituents is 1. The average molecular weight is 304 g/mol. The van der Waals surface area contributed by atoms with Crippen molar-refractivity contribution in [3.05, 3.63) is 45.8 Å². The summed E-state index contributed by atoms with van der Waals surface area (Å²) in [4.78, 5) is 35.8. The zero-order valence-corrected chi connectivity index (χ0v) is 11.8. The number of benzene rings is 1. The highest BCUT2D eigenvalue weighted by atomic mass is 19.1. The fourth-order valence-electron chi connectivity index (χ4n) is 3.06. The first-order valence-electron chi connectivity index (χ1n) is 6.87. The molecular formula is C15H13FN2O4. The number of fused-ring (bicyclic) bond motifs is 1. The lowest BCUT2D eigenvalue weighted by molar-refractivity contribution is -0.384. The van der Waals surface area contributed by atoms with Gasteiger partial charge in [0.15, 0.2) is 0 Å². The van der Waals surface area contributed by atoms with Crippen molar-refractivity contribution >= 4 is 23.2 Å². The number of carbonyl (C=O) groups excluding carboxylic acids is 2. The minimum Gasteiger partial charge on any atom is -0.274 e. The molecule has 0 bridgehead atoms. The minimum absolute atomic E-state index is 0.337. The van der Waals surface area contributed by atoms with Crippen LogP contribution in [0.1, 0.15) is 19.8 Å². The van der Waals surface area contributed by atoms with Gasteiger partial charge in [0.25, 0.3) is 5.69 Å². The summed E-state index contributed by atoms with van der Waals surface area (Å²) in [7, 11) is 0. The maximum atomic E-state index is 14.0. The first-order valence-corrected chi connectivity index (χ1v) is 6.87. The molecule has 0 unspecified atom stereocenters. The molecule has 3 rings (SSSR count). The van der Waals surface area contributed by atoms with E-state index in [1.807, 2.05) is 13.0 Å². The highest BCUT2D eigenvalue weighted by Crippen LogP contribution is 2.40. The molecule has 1 aromatic carbocycles. The maximum Gasteiger partial charge on any atom is 0.271 e. The number of hydrogen-bond donors (Lipinski definition) is 0. The number of hydrogen-bond acceptors (Lipinski definition) is 4. The monoisotopic (exact) mass is 304 g/mol. The van der Waals surface area contributed by atoms with Crippen molar-refractivity contribution in [3.8, 4) is 0 Å². The molecular weight excluding hydrogens is 291 g/mol. The second kappa shape index (κ2) is 5.01. The number of halogens is 1. The van der Waals surface area contributed by atoms with Gasteiger partial charge < -0.3 is 0 Å². The molecule has 0 aromatic heterocycles. The minimum atomic E-state index is -0.823. The Kier molecular flexibility index (Phi) is 3.27. The van der Waals surface area contributed by atoms with Crippen molar-refractivity contribution in [2.45, 2.75) is 19.8 Å². The Labute approximate surface area is 125 Å². The average Bonchev–Trinajstić information content (AvgIpc) is 2.71. The highest BCUT2D eigenvalue weighted by molar-refractivity contribution is 6.22. The number of nitro groups is 1. The van der Waals surface area contributed by atoms with E-state index in [1.54, 1.807) is 0 Å². The molecule has 0 saturated carbocycles. The zero-order valence-electron chi connectivity index (χ0n) is 11.8. The predicted octanol–water partition coefficient (Wildman–Crippen LogP) is 2.58. The van der Waals surface area contributed by atoms with Crippen LogP contribution in [0.15, 0.2) is 29.8 Å². The standard InChI is InChI=1S/C15H13FN2O4/c1-8-2-4-10-11(6-8)15(20)17(14(10)19)13-7-9(18(21)22)3-5-12(13)16/h2-3,5,7,10-11H,4,6H2,1H3/t10-,11-/m0/s1. The summed E-state index contributed by atoms with van der Waals surface area (Å²) in [5.41, 5.74) is 0.321. The largest absolute Gasteiger partial charge is 0.274 e. The van der Waals surface area contributed by atoms with E-state index in [2.05, 4.69) is 0 Å².